The van der Waals surface area contributed by atoms with Crippen LogP contribution in [0.4, 0.5) is 5.82 Å². The van der Waals surface area contributed by atoms with Gasteiger partial charge in [0.2, 0.25) is 0 Å². The van der Waals surface area contributed by atoms with E-state index in [-0.39, 0.29) is 5.91 Å². The molecule has 0 aromatic carbocycles. The number of hydrogen-bond acceptors (Lipinski definition) is 5. The molecule has 1 saturated heterocycles. The number of rotatable bonds is 4. The lowest BCUT2D eigenvalue weighted by Crippen LogP contribution is -2.38. The van der Waals surface area contributed by atoms with Crippen molar-refractivity contribution in [3.63, 3.8) is 0 Å². The van der Waals surface area contributed by atoms with Crippen molar-refractivity contribution in [3.05, 3.63) is 47.2 Å². The minimum absolute atomic E-state index is 0.0784. The molecule has 0 unspecified atom stereocenters. The van der Waals surface area contributed by atoms with Gasteiger partial charge in [-0.1, -0.05) is 0 Å². The molecule has 0 N–H and O–H groups in total. The predicted molar refractivity (Wildman–Crippen MR) is 112 cm³/mol. The van der Waals surface area contributed by atoms with Gasteiger partial charge in [0.1, 0.15) is 11.6 Å². The highest BCUT2D eigenvalue weighted by Gasteiger charge is 2.31. The molecule has 1 aliphatic carbocycles. The molecule has 6 nitrogen and oxygen atoms in total. The SMILES string of the molecule is Cc1nc(C2CCN(C(=O)c3cccnc3)CC2)nc2c1CCCN2CC1CC1. The first-order valence-electron chi connectivity index (χ1n) is 11.0. The van der Waals surface area contributed by atoms with Crippen LogP contribution >= 0.6 is 0 Å². The standard InChI is InChI=1S/C23H29N5O/c1-16-20-5-3-11-28(15-17-6-7-17)22(20)26-21(25-16)18-8-12-27(13-9-18)23(29)19-4-2-10-24-14-19/h2,4,10,14,17-18H,3,5-9,11-13,15H2,1H3. The number of carbonyl (C=O) groups is 1. The Balaban J connectivity index is 1.31. The van der Waals surface area contributed by atoms with E-state index < -0.39 is 0 Å². The summed E-state index contributed by atoms with van der Waals surface area (Å²) in [5, 5.41) is 0. The minimum atomic E-state index is 0.0784. The lowest BCUT2D eigenvalue weighted by molar-refractivity contribution is 0.0710. The maximum Gasteiger partial charge on any atom is 0.255 e. The van der Waals surface area contributed by atoms with Gasteiger partial charge in [0.25, 0.3) is 5.91 Å². The molecular weight excluding hydrogens is 362 g/mol. The van der Waals surface area contributed by atoms with Crippen LogP contribution in [0.3, 0.4) is 0 Å². The Labute approximate surface area is 172 Å². The minimum Gasteiger partial charge on any atom is -0.356 e. The second-order valence-corrected chi connectivity index (χ2v) is 8.77. The van der Waals surface area contributed by atoms with Gasteiger partial charge in [-0.3, -0.25) is 9.78 Å². The first kappa shape index (κ1) is 18.5. The Morgan fingerprint density at radius 3 is 2.69 bits per heavy atom. The van der Waals surface area contributed by atoms with Crippen LogP contribution in [0.2, 0.25) is 0 Å². The van der Waals surface area contributed by atoms with Gasteiger partial charge in [0.05, 0.1) is 5.56 Å². The zero-order valence-corrected chi connectivity index (χ0v) is 17.2. The molecule has 0 radical (unpaired) electrons. The highest BCUT2D eigenvalue weighted by Crippen LogP contribution is 2.36. The van der Waals surface area contributed by atoms with Crippen LogP contribution in [0.25, 0.3) is 0 Å². The third-order valence-electron chi connectivity index (χ3n) is 6.60. The Kier molecular flexibility index (Phi) is 4.94. The highest BCUT2D eigenvalue weighted by molar-refractivity contribution is 5.93. The summed E-state index contributed by atoms with van der Waals surface area (Å²) >= 11 is 0. The number of aromatic nitrogens is 3. The lowest BCUT2D eigenvalue weighted by atomic mass is 9.94. The van der Waals surface area contributed by atoms with Crippen molar-refractivity contribution < 1.29 is 4.79 Å². The van der Waals surface area contributed by atoms with Crippen LogP contribution in [0.15, 0.2) is 24.5 Å². The number of anilines is 1. The van der Waals surface area contributed by atoms with E-state index in [4.69, 9.17) is 9.97 Å². The largest absolute Gasteiger partial charge is 0.356 e. The summed E-state index contributed by atoms with van der Waals surface area (Å²) in [7, 11) is 0. The molecule has 2 aromatic heterocycles. The Morgan fingerprint density at radius 1 is 1.14 bits per heavy atom. The van der Waals surface area contributed by atoms with E-state index >= 15 is 0 Å². The van der Waals surface area contributed by atoms with Crippen molar-refractivity contribution >= 4 is 11.7 Å². The van der Waals surface area contributed by atoms with E-state index in [0.717, 1.165) is 62.9 Å². The molecule has 4 heterocycles. The summed E-state index contributed by atoms with van der Waals surface area (Å²) in [5.41, 5.74) is 3.17. The Hall–Kier alpha value is -2.50. The fourth-order valence-corrected chi connectivity index (χ4v) is 4.69. The molecule has 2 aromatic rings. The predicted octanol–water partition coefficient (Wildman–Crippen LogP) is 3.36. The number of amides is 1. The van der Waals surface area contributed by atoms with Crippen molar-refractivity contribution in [2.75, 3.05) is 31.1 Å². The van der Waals surface area contributed by atoms with Crippen LogP contribution in [-0.2, 0) is 6.42 Å². The van der Waals surface area contributed by atoms with E-state index in [1.807, 2.05) is 17.0 Å². The zero-order chi connectivity index (χ0) is 19.8. The Morgan fingerprint density at radius 2 is 1.97 bits per heavy atom. The van der Waals surface area contributed by atoms with Crippen LogP contribution in [0.5, 0.6) is 0 Å². The number of fused-ring (bicyclic) bond motifs is 1. The van der Waals surface area contributed by atoms with Crippen molar-refractivity contribution in [1.29, 1.82) is 0 Å². The first-order chi connectivity index (χ1) is 14.2. The normalized spacial score (nSPS) is 19.9. The smallest absolute Gasteiger partial charge is 0.255 e. The number of piperidine rings is 1. The van der Waals surface area contributed by atoms with Gasteiger partial charge in [0, 0.05) is 55.7 Å². The van der Waals surface area contributed by atoms with Crippen LogP contribution in [0.1, 0.15) is 65.5 Å². The molecule has 1 amide bonds. The number of nitrogens with zero attached hydrogens (tertiary/aromatic N) is 5. The molecule has 2 fully saturated rings. The monoisotopic (exact) mass is 391 g/mol. The van der Waals surface area contributed by atoms with Crippen LogP contribution < -0.4 is 4.90 Å². The summed E-state index contributed by atoms with van der Waals surface area (Å²) in [5.74, 6) is 3.45. The molecule has 0 atom stereocenters. The summed E-state index contributed by atoms with van der Waals surface area (Å²) in [6.07, 6.45) is 10.2. The second-order valence-electron chi connectivity index (χ2n) is 8.77. The average molecular weight is 392 g/mol. The fraction of sp³-hybridized carbons (Fsp3) is 0.565. The molecule has 2 aliphatic heterocycles. The summed E-state index contributed by atoms with van der Waals surface area (Å²) in [6, 6.07) is 3.66. The van der Waals surface area contributed by atoms with Gasteiger partial charge in [-0.05, 0) is 63.5 Å². The van der Waals surface area contributed by atoms with Crippen molar-refractivity contribution in [2.45, 2.75) is 51.4 Å². The Bertz CT molecular complexity index is 888. The third-order valence-corrected chi connectivity index (χ3v) is 6.60. The molecule has 0 bridgehead atoms. The first-order valence-corrected chi connectivity index (χ1v) is 11.0. The van der Waals surface area contributed by atoms with E-state index in [2.05, 4.69) is 16.8 Å². The second kappa shape index (κ2) is 7.73. The molecule has 5 rings (SSSR count). The summed E-state index contributed by atoms with van der Waals surface area (Å²) in [6.45, 7) is 5.93. The lowest BCUT2D eigenvalue weighted by Gasteiger charge is -2.34. The van der Waals surface area contributed by atoms with Crippen LogP contribution in [0, 0.1) is 12.8 Å². The quantitative estimate of drug-likeness (QED) is 0.800. The van der Waals surface area contributed by atoms with Crippen molar-refractivity contribution in [2.24, 2.45) is 5.92 Å². The van der Waals surface area contributed by atoms with E-state index in [9.17, 15) is 4.79 Å². The summed E-state index contributed by atoms with van der Waals surface area (Å²) < 4.78 is 0. The average Bonchev–Trinajstić information content (AvgIpc) is 3.58. The number of aryl methyl sites for hydroxylation is 1. The number of likely N-dealkylation sites (tertiary alicyclic amines) is 1. The summed E-state index contributed by atoms with van der Waals surface area (Å²) in [4.78, 5) is 31.2. The van der Waals surface area contributed by atoms with Gasteiger partial charge >= 0.3 is 0 Å². The van der Waals surface area contributed by atoms with Crippen molar-refractivity contribution in [1.82, 2.24) is 19.9 Å². The number of hydrogen-bond donors (Lipinski definition) is 0. The molecular formula is C23H29N5O. The highest BCUT2D eigenvalue weighted by atomic mass is 16.2. The van der Waals surface area contributed by atoms with E-state index in [1.54, 1.807) is 12.4 Å². The number of carbonyl (C=O) groups excluding carboxylic acids is 1. The van der Waals surface area contributed by atoms with E-state index in [0.29, 0.717) is 11.5 Å². The van der Waals surface area contributed by atoms with Gasteiger partial charge in [-0.25, -0.2) is 9.97 Å². The number of pyridine rings is 1. The maximum absolute atomic E-state index is 12.7. The fourth-order valence-electron chi connectivity index (χ4n) is 4.69. The molecule has 1 saturated carbocycles. The molecule has 152 valence electrons. The third kappa shape index (κ3) is 3.85. The molecule has 0 spiro atoms. The molecule has 3 aliphatic rings. The zero-order valence-electron chi connectivity index (χ0n) is 17.2. The van der Waals surface area contributed by atoms with Gasteiger partial charge in [-0.2, -0.15) is 0 Å². The van der Waals surface area contributed by atoms with Crippen LogP contribution in [-0.4, -0.2) is 51.9 Å². The molecule has 29 heavy (non-hydrogen) atoms. The van der Waals surface area contributed by atoms with Crippen molar-refractivity contribution in [3.8, 4) is 0 Å². The van der Waals surface area contributed by atoms with Gasteiger partial charge in [0.15, 0.2) is 0 Å². The van der Waals surface area contributed by atoms with E-state index in [1.165, 1.54) is 30.6 Å². The van der Waals surface area contributed by atoms with Gasteiger partial charge in [-0.15, -0.1) is 0 Å². The maximum atomic E-state index is 12.7. The molecule has 6 heteroatoms. The van der Waals surface area contributed by atoms with Gasteiger partial charge < -0.3 is 9.80 Å². The topological polar surface area (TPSA) is 62.2 Å².